The number of oxazole rings is 1. The third-order valence-corrected chi connectivity index (χ3v) is 6.38. The quantitative estimate of drug-likeness (QED) is 0.859. The van der Waals surface area contributed by atoms with E-state index in [0.717, 1.165) is 50.1 Å². The van der Waals surface area contributed by atoms with E-state index in [1.54, 1.807) is 0 Å². The molecule has 2 aliphatic rings. The summed E-state index contributed by atoms with van der Waals surface area (Å²) in [5, 5.41) is 0. The molecule has 0 radical (unpaired) electrons. The molecule has 3 rings (SSSR count). The maximum absolute atomic E-state index is 12.8. The van der Waals surface area contributed by atoms with Crippen LogP contribution >= 0.6 is 0 Å². The van der Waals surface area contributed by atoms with Crippen molar-refractivity contribution in [3.05, 3.63) is 17.3 Å². The van der Waals surface area contributed by atoms with Gasteiger partial charge < -0.3 is 9.32 Å². The SMILES string of the molecule is Cc1nc(CN2CCN(C(=O)C3C(C)(C)C3(C)C)CC2)oc1C. The second kappa shape index (κ2) is 5.33. The van der Waals surface area contributed by atoms with E-state index in [-0.39, 0.29) is 16.7 Å². The van der Waals surface area contributed by atoms with Crippen LogP contribution in [0.2, 0.25) is 0 Å². The molecule has 128 valence electrons. The van der Waals surface area contributed by atoms with Crippen LogP contribution in [0.15, 0.2) is 4.42 Å². The predicted molar refractivity (Wildman–Crippen MR) is 88.9 cm³/mol. The number of piperazine rings is 1. The van der Waals surface area contributed by atoms with Crippen LogP contribution in [-0.4, -0.2) is 46.9 Å². The topological polar surface area (TPSA) is 49.6 Å². The van der Waals surface area contributed by atoms with Crippen molar-refractivity contribution >= 4 is 5.91 Å². The van der Waals surface area contributed by atoms with Crippen LogP contribution in [0.4, 0.5) is 0 Å². The minimum Gasteiger partial charge on any atom is -0.444 e. The molecule has 1 aromatic heterocycles. The third-order valence-electron chi connectivity index (χ3n) is 6.38. The highest BCUT2D eigenvalue weighted by Gasteiger charge is 2.68. The Balaban J connectivity index is 1.54. The number of rotatable bonds is 3. The van der Waals surface area contributed by atoms with Gasteiger partial charge in [-0.1, -0.05) is 27.7 Å². The van der Waals surface area contributed by atoms with Gasteiger partial charge in [0.2, 0.25) is 11.8 Å². The molecule has 1 saturated heterocycles. The van der Waals surface area contributed by atoms with E-state index < -0.39 is 0 Å². The largest absolute Gasteiger partial charge is 0.444 e. The van der Waals surface area contributed by atoms with Gasteiger partial charge in [0.1, 0.15) is 5.76 Å². The van der Waals surface area contributed by atoms with Gasteiger partial charge in [0, 0.05) is 32.1 Å². The first kappa shape index (κ1) is 16.5. The summed E-state index contributed by atoms with van der Waals surface area (Å²) in [5.41, 5.74) is 1.20. The average Bonchev–Trinajstić information content (AvgIpc) is 2.70. The van der Waals surface area contributed by atoms with Crippen LogP contribution < -0.4 is 0 Å². The van der Waals surface area contributed by atoms with E-state index >= 15 is 0 Å². The number of carbonyl (C=O) groups excluding carboxylic acids is 1. The molecule has 0 N–H and O–H groups in total. The molecule has 0 bridgehead atoms. The number of aryl methyl sites for hydroxylation is 2. The summed E-state index contributed by atoms with van der Waals surface area (Å²) >= 11 is 0. The van der Waals surface area contributed by atoms with Crippen molar-refractivity contribution in [1.82, 2.24) is 14.8 Å². The molecule has 1 aromatic rings. The second-order valence-electron chi connectivity index (χ2n) is 8.23. The van der Waals surface area contributed by atoms with E-state index in [4.69, 9.17) is 4.42 Å². The molecule has 0 unspecified atom stereocenters. The van der Waals surface area contributed by atoms with Crippen LogP contribution in [-0.2, 0) is 11.3 Å². The highest BCUT2D eigenvalue weighted by Crippen LogP contribution is 2.68. The lowest BCUT2D eigenvalue weighted by Crippen LogP contribution is -2.49. The van der Waals surface area contributed by atoms with Crippen LogP contribution in [0.3, 0.4) is 0 Å². The van der Waals surface area contributed by atoms with Gasteiger partial charge >= 0.3 is 0 Å². The van der Waals surface area contributed by atoms with Crippen LogP contribution in [0.5, 0.6) is 0 Å². The Kier molecular flexibility index (Phi) is 3.82. The van der Waals surface area contributed by atoms with Crippen LogP contribution in [0.1, 0.15) is 45.0 Å². The molecule has 2 heterocycles. The van der Waals surface area contributed by atoms with Gasteiger partial charge in [-0.15, -0.1) is 0 Å². The maximum atomic E-state index is 12.8. The minimum absolute atomic E-state index is 0.119. The number of hydrogen-bond donors (Lipinski definition) is 0. The lowest BCUT2D eigenvalue weighted by atomic mass is 10.0. The van der Waals surface area contributed by atoms with E-state index in [9.17, 15) is 4.79 Å². The molecule has 23 heavy (non-hydrogen) atoms. The van der Waals surface area contributed by atoms with Gasteiger partial charge in [-0.3, -0.25) is 9.69 Å². The summed E-state index contributed by atoms with van der Waals surface area (Å²) in [4.78, 5) is 21.6. The minimum atomic E-state index is 0.119. The molecule has 0 aromatic carbocycles. The molecule has 2 fully saturated rings. The summed E-state index contributed by atoms with van der Waals surface area (Å²) < 4.78 is 5.66. The number of aromatic nitrogens is 1. The lowest BCUT2D eigenvalue weighted by molar-refractivity contribution is -0.135. The first-order valence-electron chi connectivity index (χ1n) is 8.58. The van der Waals surface area contributed by atoms with E-state index in [0.29, 0.717) is 5.91 Å². The van der Waals surface area contributed by atoms with E-state index in [1.165, 1.54) is 0 Å². The molecule has 5 heteroatoms. The Hall–Kier alpha value is -1.36. The molecular weight excluding hydrogens is 290 g/mol. The van der Waals surface area contributed by atoms with Gasteiger partial charge in [-0.25, -0.2) is 4.98 Å². The predicted octanol–water partition coefficient (Wildman–Crippen LogP) is 2.62. The molecular formula is C18H29N3O2. The molecule has 1 aliphatic carbocycles. The zero-order chi connectivity index (χ0) is 17.0. The Morgan fingerprint density at radius 3 is 2.13 bits per heavy atom. The lowest BCUT2D eigenvalue weighted by Gasteiger charge is -2.34. The Labute approximate surface area is 139 Å². The van der Waals surface area contributed by atoms with Crippen molar-refractivity contribution in [2.45, 2.75) is 48.1 Å². The summed E-state index contributed by atoms with van der Waals surface area (Å²) in [6.07, 6.45) is 0. The monoisotopic (exact) mass is 319 g/mol. The molecule has 0 atom stereocenters. The Morgan fingerprint density at radius 1 is 1.13 bits per heavy atom. The standard InChI is InChI=1S/C18H29N3O2/c1-12-13(2)23-14(19-12)11-20-7-9-21(10-8-20)16(22)15-17(3,4)18(15,5)6/h15H,7-11H2,1-6H3. The number of nitrogens with zero attached hydrogens (tertiary/aromatic N) is 3. The molecule has 1 saturated carbocycles. The van der Waals surface area contributed by atoms with Crippen LogP contribution in [0, 0.1) is 30.6 Å². The first-order valence-corrected chi connectivity index (χ1v) is 8.58. The van der Waals surface area contributed by atoms with E-state index in [2.05, 4.69) is 37.6 Å². The third kappa shape index (κ3) is 2.69. The molecule has 1 amide bonds. The van der Waals surface area contributed by atoms with Crippen molar-refractivity contribution in [2.75, 3.05) is 26.2 Å². The Bertz CT molecular complexity index is 576. The number of carbonyl (C=O) groups is 1. The smallest absolute Gasteiger partial charge is 0.226 e. The zero-order valence-electron chi connectivity index (χ0n) is 15.3. The van der Waals surface area contributed by atoms with E-state index in [1.807, 2.05) is 18.7 Å². The second-order valence-corrected chi connectivity index (χ2v) is 8.23. The van der Waals surface area contributed by atoms with Crippen molar-refractivity contribution in [3.8, 4) is 0 Å². The van der Waals surface area contributed by atoms with Gasteiger partial charge in [0.25, 0.3) is 0 Å². The van der Waals surface area contributed by atoms with Gasteiger partial charge in [0.15, 0.2) is 0 Å². The highest BCUT2D eigenvalue weighted by molar-refractivity contribution is 5.84. The Morgan fingerprint density at radius 2 is 1.70 bits per heavy atom. The highest BCUT2D eigenvalue weighted by atomic mass is 16.4. The molecule has 5 nitrogen and oxygen atoms in total. The maximum Gasteiger partial charge on any atom is 0.226 e. The summed E-state index contributed by atoms with van der Waals surface area (Å²) in [5.74, 6) is 2.18. The van der Waals surface area contributed by atoms with Gasteiger partial charge in [-0.2, -0.15) is 0 Å². The van der Waals surface area contributed by atoms with Crippen LogP contribution in [0.25, 0.3) is 0 Å². The summed E-state index contributed by atoms with van der Waals surface area (Å²) in [6, 6.07) is 0. The summed E-state index contributed by atoms with van der Waals surface area (Å²) in [6.45, 7) is 16.9. The number of hydrogen-bond acceptors (Lipinski definition) is 4. The normalized spacial score (nSPS) is 24.0. The fourth-order valence-corrected chi connectivity index (χ4v) is 3.92. The summed E-state index contributed by atoms with van der Waals surface area (Å²) in [7, 11) is 0. The first-order chi connectivity index (χ1) is 10.6. The zero-order valence-corrected chi connectivity index (χ0v) is 15.3. The fourth-order valence-electron chi connectivity index (χ4n) is 3.92. The van der Waals surface area contributed by atoms with Crippen molar-refractivity contribution < 1.29 is 9.21 Å². The fraction of sp³-hybridized carbons (Fsp3) is 0.778. The van der Waals surface area contributed by atoms with Crippen molar-refractivity contribution in [3.63, 3.8) is 0 Å². The van der Waals surface area contributed by atoms with Gasteiger partial charge in [0.05, 0.1) is 12.2 Å². The molecule has 1 aliphatic heterocycles. The van der Waals surface area contributed by atoms with Crippen molar-refractivity contribution in [1.29, 1.82) is 0 Å². The van der Waals surface area contributed by atoms with Gasteiger partial charge in [-0.05, 0) is 24.7 Å². The average molecular weight is 319 g/mol. The van der Waals surface area contributed by atoms with Crippen molar-refractivity contribution in [2.24, 2.45) is 16.7 Å². The molecule has 0 spiro atoms. The number of amides is 1.